The van der Waals surface area contributed by atoms with E-state index in [2.05, 4.69) is 68.2 Å². The Morgan fingerprint density at radius 2 is 2.05 bits per heavy atom. The molecule has 1 aromatic carbocycles. The summed E-state index contributed by atoms with van der Waals surface area (Å²) in [6, 6.07) is 8.73. The fourth-order valence-electron chi connectivity index (χ4n) is 2.24. The Kier molecular flexibility index (Phi) is 5.16. The van der Waals surface area contributed by atoms with Crippen LogP contribution in [0.3, 0.4) is 0 Å². The third-order valence-corrected chi connectivity index (χ3v) is 3.75. The molecule has 1 aromatic heterocycles. The van der Waals surface area contributed by atoms with Crippen molar-refractivity contribution in [1.82, 2.24) is 14.9 Å². The van der Waals surface area contributed by atoms with Crippen molar-refractivity contribution in [3.8, 4) is 0 Å². The van der Waals surface area contributed by atoms with Crippen LogP contribution in [0.5, 0.6) is 0 Å². The molecule has 2 rings (SSSR count). The van der Waals surface area contributed by atoms with E-state index in [1.807, 2.05) is 13.2 Å². The van der Waals surface area contributed by atoms with Crippen molar-refractivity contribution in [2.24, 2.45) is 0 Å². The van der Waals surface area contributed by atoms with Gasteiger partial charge in [0.1, 0.15) is 5.82 Å². The van der Waals surface area contributed by atoms with E-state index in [4.69, 9.17) is 0 Å². The van der Waals surface area contributed by atoms with E-state index in [-0.39, 0.29) is 6.04 Å². The number of aromatic nitrogens is 2. The van der Waals surface area contributed by atoms with Crippen molar-refractivity contribution in [2.75, 3.05) is 7.05 Å². The van der Waals surface area contributed by atoms with Crippen LogP contribution in [-0.4, -0.2) is 16.6 Å². The molecule has 0 saturated carbocycles. The first-order valence-electron chi connectivity index (χ1n) is 6.67. The van der Waals surface area contributed by atoms with Gasteiger partial charge < -0.3 is 9.88 Å². The predicted octanol–water partition coefficient (Wildman–Crippen LogP) is 3.56. The monoisotopic (exact) mass is 321 g/mol. The summed E-state index contributed by atoms with van der Waals surface area (Å²) in [5, 5.41) is 3.37. The van der Waals surface area contributed by atoms with E-state index >= 15 is 0 Å². The molecule has 2 aromatic rings. The largest absolute Gasteiger partial charge is 0.334 e. The minimum absolute atomic E-state index is 0.253. The number of hydrogen-bond acceptors (Lipinski definition) is 2. The number of hydrogen-bond donors (Lipinski definition) is 1. The van der Waals surface area contributed by atoms with Crippen LogP contribution < -0.4 is 5.32 Å². The van der Waals surface area contributed by atoms with Gasteiger partial charge in [-0.2, -0.15) is 0 Å². The number of halogens is 1. The van der Waals surface area contributed by atoms with Crippen LogP contribution in [0, 0.1) is 0 Å². The van der Waals surface area contributed by atoms with Gasteiger partial charge in [0.05, 0.1) is 6.04 Å². The van der Waals surface area contributed by atoms with Crippen molar-refractivity contribution >= 4 is 15.9 Å². The van der Waals surface area contributed by atoms with Crippen LogP contribution >= 0.6 is 15.9 Å². The van der Waals surface area contributed by atoms with Crippen molar-refractivity contribution in [2.45, 2.75) is 32.4 Å². The third-order valence-electron chi connectivity index (χ3n) is 3.23. The molecule has 1 N–H and O–H groups in total. The average Bonchev–Trinajstić information content (AvgIpc) is 2.87. The van der Waals surface area contributed by atoms with Crippen LogP contribution in [0.4, 0.5) is 0 Å². The molecule has 0 aliphatic rings. The van der Waals surface area contributed by atoms with Crippen LogP contribution in [0.15, 0.2) is 41.1 Å². The van der Waals surface area contributed by atoms with Gasteiger partial charge in [0.15, 0.2) is 0 Å². The molecule has 0 aliphatic carbocycles. The average molecular weight is 322 g/mol. The van der Waals surface area contributed by atoms with E-state index < -0.39 is 0 Å². The topological polar surface area (TPSA) is 29.9 Å². The second kappa shape index (κ2) is 6.87. The molecule has 0 saturated heterocycles. The summed E-state index contributed by atoms with van der Waals surface area (Å²) in [4.78, 5) is 4.51. The second-order valence-corrected chi connectivity index (χ2v) is 5.57. The van der Waals surface area contributed by atoms with Crippen molar-refractivity contribution in [1.29, 1.82) is 0 Å². The lowest BCUT2D eigenvalue weighted by molar-refractivity contribution is 0.512. The smallest absolute Gasteiger partial charge is 0.126 e. The quantitative estimate of drug-likeness (QED) is 0.881. The summed E-state index contributed by atoms with van der Waals surface area (Å²) in [6.45, 7) is 3.21. The van der Waals surface area contributed by atoms with Crippen LogP contribution in [0.1, 0.15) is 30.8 Å². The molecule has 3 nitrogen and oxygen atoms in total. The van der Waals surface area contributed by atoms with Crippen molar-refractivity contribution < 1.29 is 0 Å². The maximum atomic E-state index is 4.51. The van der Waals surface area contributed by atoms with Crippen molar-refractivity contribution in [3.05, 3.63) is 52.5 Å². The van der Waals surface area contributed by atoms with Crippen LogP contribution in [0.2, 0.25) is 0 Å². The summed E-state index contributed by atoms with van der Waals surface area (Å²) >= 11 is 3.47. The highest BCUT2D eigenvalue weighted by Crippen LogP contribution is 2.19. The Balaban J connectivity index is 2.15. The molecular formula is C15H20BrN3. The summed E-state index contributed by atoms with van der Waals surface area (Å²) in [6.07, 6.45) is 6.02. The standard InChI is InChI=1S/C15H20BrN3/c1-3-9-19-10-8-18-15(19)14(17-2)11-12-4-6-13(16)7-5-12/h4-8,10,14,17H,3,9,11H2,1-2H3. The molecule has 0 radical (unpaired) electrons. The minimum atomic E-state index is 0.253. The molecule has 0 aliphatic heterocycles. The summed E-state index contributed by atoms with van der Waals surface area (Å²) in [5.74, 6) is 1.12. The van der Waals surface area contributed by atoms with E-state index in [1.165, 1.54) is 5.56 Å². The van der Waals surface area contributed by atoms with Gasteiger partial charge in [-0.05, 0) is 37.6 Å². The molecule has 0 spiro atoms. The zero-order valence-electron chi connectivity index (χ0n) is 11.4. The lowest BCUT2D eigenvalue weighted by Crippen LogP contribution is -2.23. The lowest BCUT2D eigenvalue weighted by Gasteiger charge is -2.17. The van der Waals surface area contributed by atoms with Gasteiger partial charge in [-0.15, -0.1) is 0 Å². The first kappa shape index (κ1) is 14.3. The Morgan fingerprint density at radius 3 is 2.68 bits per heavy atom. The maximum absolute atomic E-state index is 4.51. The molecule has 1 heterocycles. The zero-order chi connectivity index (χ0) is 13.7. The SMILES string of the molecule is CCCn1ccnc1C(Cc1ccc(Br)cc1)NC. The molecule has 1 unspecified atom stereocenters. The number of benzene rings is 1. The molecule has 4 heteroatoms. The van der Waals surface area contributed by atoms with E-state index in [1.54, 1.807) is 0 Å². The fraction of sp³-hybridized carbons (Fsp3) is 0.400. The van der Waals surface area contributed by atoms with Gasteiger partial charge in [0, 0.05) is 23.4 Å². The van der Waals surface area contributed by atoms with Gasteiger partial charge in [-0.25, -0.2) is 4.98 Å². The fourth-order valence-corrected chi connectivity index (χ4v) is 2.50. The Morgan fingerprint density at radius 1 is 1.32 bits per heavy atom. The van der Waals surface area contributed by atoms with E-state index in [9.17, 15) is 0 Å². The van der Waals surface area contributed by atoms with Gasteiger partial charge in [0.25, 0.3) is 0 Å². The lowest BCUT2D eigenvalue weighted by atomic mass is 10.1. The van der Waals surface area contributed by atoms with Gasteiger partial charge >= 0.3 is 0 Å². The van der Waals surface area contributed by atoms with Gasteiger partial charge in [-0.3, -0.25) is 0 Å². The molecule has 102 valence electrons. The zero-order valence-corrected chi connectivity index (χ0v) is 13.0. The molecule has 19 heavy (non-hydrogen) atoms. The molecule has 1 atom stereocenters. The third kappa shape index (κ3) is 3.67. The Labute approximate surface area is 123 Å². The Bertz CT molecular complexity index is 504. The number of nitrogens with zero attached hydrogens (tertiary/aromatic N) is 2. The minimum Gasteiger partial charge on any atom is -0.334 e. The summed E-state index contributed by atoms with van der Waals surface area (Å²) < 4.78 is 3.35. The summed E-state index contributed by atoms with van der Waals surface area (Å²) in [5.41, 5.74) is 1.31. The van der Waals surface area contributed by atoms with Crippen molar-refractivity contribution in [3.63, 3.8) is 0 Å². The van der Waals surface area contributed by atoms with Crippen LogP contribution in [0.25, 0.3) is 0 Å². The summed E-state index contributed by atoms with van der Waals surface area (Å²) in [7, 11) is 1.99. The second-order valence-electron chi connectivity index (χ2n) is 4.65. The number of aryl methyl sites for hydroxylation is 1. The predicted molar refractivity (Wildman–Crippen MR) is 82.2 cm³/mol. The highest BCUT2D eigenvalue weighted by atomic mass is 79.9. The van der Waals surface area contributed by atoms with Crippen LogP contribution in [-0.2, 0) is 13.0 Å². The van der Waals surface area contributed by atoms with Gasteiger partial charge in [-0.1, -0.05) is 35.0 Å². The normalized spacial score (nSPS) is 12.6. The molecular weight excluding hydrogens is 302 g/mol. The number of nitrogens with one attached hydrogen (secondary N) is 1. The maximum Gasteiger partial charge on any atom is 0.126 e. The Hall–Kier alpha value is -1.13. The number of imidazole rings is 1. The molecule has 0 bridgehead atoms. The van der Waals surface area contributed by atoms with E-state index in [0.717, 1.165) is 29.7 Å². The highest BCUT2D eigenvalue weighted by molar-refractivity contribution is 9.10. The number of rotatable bonds is 6. The first-order valence-corrected chi connectivity index (χ1v) is 7.46. The molecule has 0 amide bonds. The van der Waals surface area contributed by atoms with E-state index in [0.29, 0.717) is 0 Å². The van der Waals surface area contributed by atoms with Gasteiger partial charge in [0.2, 0.25) is 0 Å². The number of likely N-dealkylation sites (N-methyl/N-ethyl adjacent to an activating group) is 1. The highest BCUT2D eigenvalue weighted by Gasteiger charge is 2.15. The first-order chi connectivity index (χ1) is 9.24. The molecule has 0 fully saturated rings.